The molecule has 0 saturated heterocycles. The molecule has 0 spiro atoms. The SMILES string of the molecule is COc1ccccc1OCc1ccc(C(=O)NNC(=O)c2cc(Cl)ccc2O)o1. The fourth-order valence-electron chi connectivity index (χ4n) is 2.40. The molecular weight excluding hydrogens is 400 g/mol. The van der Waals surface area contributed by atoms with E-state index in [-0.39, 0.29) is 28.7 Å². The van der Waals surface area contributed by atoms with Gasteiger partial charge in [0.15, 0.2) is 17.3 Å². The van der Waals surface area contributed by atoms with Crippen molar-refractivity contribution in [2.75, 3.05) is 7.11 Å². The summed E-state index contributed by atoms with van der Waals surface area (Å²) in [5.74, 6) is -0.197. The molecule has 1 aromatic heterocycles. The lowest BCUT2D eigenvalue weighted by atomic mass is 10.2. The molecular formula is C20H17ClN2O6. The smallest absolute Gasteiger partial charge is 0.305 e. The number of rotatable bonds is 6. The Hall–Kier alpha value is -3.65. The van der Waals surface area contributed by atoms with Crippen molar-refractivity contribution in [2.45, 2.75) is 6.61 Å². The zero-order valence-electron chi connectivity index (χ0n) is 15.3. The lowest BCUT2D eigenvalue weighted by Gasteiger charge is -2.09. The van der Waals surface area contributed by atoms with Crippen LogP contribution in [0.25, 0.3) is 0 Å². The first kappa shape index (κ1) is 20.1. The summed E-state index contributed by atoms with van der Waals surface area (Å²) in [5, 5.41) is 9.98. The van der Waals surface area contributed by atoms with E-state index in [9.17, 15) is 14.7 Å². The number of hydrogen-bond acceptors (Lipinski definition) is 6. The summed E-state index contributed by atoms with van der Waals surface area (Å²) in [6, 6.07) is 14.1. The van der Waals surface area contributed by atoms with Crippen LogP contribution in [-0.4, -0.2) is 24.0 Å². The minimum atomic E-state index is -0.732. The number of phenolic OH excluding ortho intramolecular Hbond substituents is 1. The predicted octanol–water partition coefficient (Wildman–Crippen LogP) is 3.30. The van der Waals surface area contributed by atoms with Crippen molar-refractivity contribution in [1.29, 1.82) is 0 Å². The van der Waals surface area contributed by atoms with E-state index < -0.39 is 11.8 Å². The van der Waals surface area contributed by atoms with Crippen molar-refractivity contribution in [2.24, 2.45) is 0 Å². The third kappa shape index (κ3) is 4.99. The second kappa shape index (κ2) is 9.03. The highest BCUT2D eigenvalue weighted by Crippen LogP contribution is 2.27. The molecule has 0 fully saturated rings. The maximum absolute atomic E-state index is 12.2. The molecule has 1 heterocycles. The number of carbonyl (C=O) groups is 2. The number of hydrogen-bond donors (Lipinski definition) is 3. The van der Waals surface area contributed by atoms with E-state index in [4.69, 9.17) is 25.5 Å². The Morgan fingerprint density at radius 3 is 2.52 bits per heavy atom. The number of carbonyl (C=O) groups excluding carboxylic acids is 2. The maximum Gasteiger partial charge on any atom is 0.305 e. The van der Waals surface area contributed by atoms with Gasteiger partial charge in [0, 0.05) is 5.02 Å². The summed E-state index contributed by atoms with van der Waals surface area (Å²) in [6.07, 6.45) is 0. The number of amides is 2. The van der Waals surface area contributed by atoms with Crippen LogP contribution in [0.4, 0.5) is 0 Å². The minimum absolute atomic E-state index is 0.0285. The Morgan fingerprint density at radius 2 is 1.76 bits per heavy atom. The Kier molecular flexibility index (Phi) is 6.25. The number of ether oxygens (including phenoxy) is 2. The molecule has 2 aromatic carbocycles. The van der Waals surface area contributed by atoms with Crippen molar-refractivity contribution < 1.29 is 28.6 Å². The highest BCUT2D eigenvalue weighted by molar-refractivity contribution is 6.31. The summed E-state index contributed by atoms with van der Waals surface area (Å²) in [7, 11) is 1.54. The third-order valence-corrected chi connectivity index (χ3v) is 4.05. The van der Waals surface area contributed by atoms with Crippen LogP contribution in [0.1, 0.15) is 26.7 Å². The normalized spacial score (nSPS) is 10.3. The number of hydrazine groups is 1. The number of phenols is 1. The minimum Gasteiger partial charge on any atom is -0.507 e. The molecule has 2 amide bonds. The lowest BCUT2D eigenvalue weighted by molar-refractivity contribution is 0.0827. The number of aromatic hydroxyl groups is 1. The van der Waals surface area contributed by atoms with Gasteiger partial charge in [0.25, 0.3) is 5.91 Å². The predicted molar refractivity (Wildman–Crippen MR) is 104 cm³/mol. The molecule has 3 N–H and O–H groups in total. The maximum atomic E-state index is 12.2. The second-order valence-corrected chi connectivity index (χ2v) is 6.21. The molecule has 0 aliphatic carbocycles. The molecule has 3 aromatic rings. The zero-order valence-corrected chi connectivity index (χ0v) is 16.0. The van der Waals surface area contributed by atoms with Crippen LogP contribution in [0.5, 0.6) is 17.2 Å². The molecule has 0 aliphatic heterocycles. The fourth-order valence-corrected chi connectivity index (χ4v) is 2.57. The van der Waals surface area contributed by atoms with Crippen molar-refractivity contribution in [3.05, 3.63) is 76.7 Å². The van der Waals surface area contributed by atoms with Gasteiger partial charge in [0.05, 0.1) is 12.7 Å². The number of benzene rings is 2. The standard InChI is InChI=1S/C20H17ClN2O6/c1-27-16-4-2-3-5-17(16)28-11-13-7-9-18(29-13)20(26)23-22-19(25)14-10-12(21)6-8-15(14)24/h2-10,24H,11H2,1H3,(H,22,25)(H,23,26). The van der Waals surface area contributed by atoms with Gasteiger partial charge in [0.2, 0.25) is 0 Å². The van der Waals surface area contributed by atoms with Crippen LogP contribution < -0.4 is 20.3 Å². The summed E-state index contributed by atoms with van der Waals surface area (Å²) >= 11 is 5.80. The van der Waals surface area contributed by atoms with E-state index >= 15 is 0 Å². The van der Waals surface area contributed by atoms with E-state index in [1.54, 1.807) is 24.3 Å². The first-order valence-corrected chi connectivity index (χ1v) is 8.79. The third-order valence-electron chi connectivity index (χ3n) is 3.82. The molecule has 0 radical (unpaired) electrons. The van der Waals surface area contributed by atoms with Gasteiger partial charge in [-0.1, -0.05) is 23.7 Å². The largest absolute Gasteiger partial charge is 0.507 e. The monoisotopic (exact) mass is 416 g/mol. The van der Waals surface area contributed by atoms with Gasteiger partial charge in [-0.15, -0.1) is 0 Å². The Balaban J connectivity index is 1.56. The van der Waals surface area contributed by atoms with Crippen LogP contribution in [0.2, 0.25) is 5.02 Å². The number of methoxy groups -OCH3 is 1. The van der Waals surface area contributed by atoms with Crippen LogP contribution in [0, 0.1) is 0 Å². The molecule has 8 nitrogen and oxygen atoms in total. The van der Waals surface area contributed by atoms with Crippen molar-refractivity contribution >= 4 is 23.4 Å². The average Bonchev–Trinajstić information content (AvgIpc) is 3.21. The Bertz CT molecular complexity index is 1030. The molecule has 3 rings (SSSR count). The van der Waals surface area contributed by atoms with Gasteiger partial charge in [-0.2, -0.15) is 0 Å². The summed E-state index contributed by atoms with van der Waals surface area (Å²) in [5.41, 5.74) is 4.30. The average molecular weight is 417 g/mol. The van der Waals surface area contributed by atoms with E-state index in [1.807, 2.05) is 6.07 Å². The van der Waals surface area contributed by atoms with Gasteiger partial charge in [-0.25, -0.2) is 0 Å². The molecule has 0 unspecified atom stereocenters. The molecule has 0 saturated carbocycles. The van der Waals surface area contributed by atoms with Gasteiger partial charge in [0.1, 0.15) is 18.1 Å². The first-order chi connectivity index (χ1) is 14.0. The van der Waals surface area contributed by atoms with Crippen molar-refractivity contribution in [3.8, 4) is 17.2 Å². The quantitative estimate of drug-likeness (QED) is 0.532. The van der Waals surface area contributed by atoms with E-state index in [0.717, 1.165) is 0 Å². The van der Waals surface area contributed by atoms with Crippen LogP contribution >= 0.6 is 11.6 Å². The molecule has 0 aliphatic rings. The topological polar surface area (TPSA) is 110 Å². The van der Waals surface area contributed by atoms with Gasteiger partial charge < -0.3 is 19.0 Å². The highest BCUT2D eigenvalue weighted by atomic mass is 35.5. The number of nitrogens with one attached hydrogen (secondary N) is 2. The zero-order chi connectivity index (χ0) is 20.8. The number of para-hydroxylation sites is 2. The van der Waals surface area contributed by atoms with Crippen molar-refractivity contribution in [3.63, 3.8) is 0 Å². The molecule has 0 bridgehead atoms. The van der Waals surface area contributed by atoms with Gasteiger partial charge in [-0.3, -0.25) is 20.4 Å². The first-order valence-electron chi connectivity index (χ1n) is 8.41. The molecule has 29 heavy (non-hydrogen) atoms. The molecule has 9 heteroatoms. The van der Waals surface area contributed by atoms with Crippen LogP contribution in [0.3, 0.4) is 0 Å². The van der Waals surface area contributed by atoms with Crippen molar-refractivity contribution in [1.82, 2.24) is 10.9 Å². The van der Waals surface area contributed by atoms with E-state index in [0.29, 0.717) is 17.3 Å². The van der Waals surface area contributed by atoms with E-state index in [2.05, 4.69) is 10.9 Å². The summed E-state index contributed by atoms with van der Waals surface area (Å²) < 4.78 is 16.2. The van der Waals surface area contributed by atoms with Gasteiger partial charge >= 0.3 is 5.91 Å². The Morgan fingerprint density at radius 1 is 1.03 bits per heavy atom. The fraction of sp³-hybridized carbons (Fsp3) is 0.100. The highest BCUT2D eigenvalue weighted by Gasteiger charge is 2.16. The van der Waals surface area contributed by atoms with Crippen LogP contribution in [-0.2, 0) is 6.61 Å². The lowest BCUT2D eigenvalue weighted by Crippen LogP contribution is -2.41. The molecule has 150 valence electrons. The number of furan rings is 1. The van der Waals surface area contributed by atoms with E-state index in [1.165, 1.54) is 31.4 Å². The number of halogens is 1. The summed E-state index contributed by atoms with van der Waals surface area (Å²) in [6.45, 7) is 0.0798. The van der Waals surface area contributed by atoms with Crippen LogP contribution in [0.15, 0.2) is 59.0 Å². The van der Waals surface area contributed by atoms with Gasteiger partial charge in [-0.05, 0) is 42.5 Å². The second-order valence-electron chi connectivity index (χ2n) is 5.78. The Labute approximate surface area is 171 Å². The summed E-state index contributed by atoms with van der Waals surface area (Å²) in [4.78, 5) is 24.2. The molecule has 0 atom stereocenters.